The van der Waals surface area contributed by atoms with Gasteiger partial charge in [0.25, 0.3) is 5.92 Å². The summed E-state index contributed by atoms with van der Waals surface area (Å²) in [5.74, 6) is -2.42. The molecule has 0 bridgehead atoms. The molecule has 0 aromatic carbocycles. The highest BCUT2D eigenvalue weighted by molar-refractivity contribution is 4.77. The van der Waals surface area contributed by atoms with Crippen LogP contribution < -0.4 is 0 Å². The van der Waals surface area contributed by atoms with Crippen LogP contribution in [0.1, 0.15) is 26.2 Å². The van der Waals surface area contributed by atoms with Crippen LogP contribution in [0.4, 0.5) is 8.78 Å². The summed E-state index contributed by atoms with van der Waals surface area (Å²) >= 11 is 0. The summed E-state index contributed by atoms with van der Waals surface area (Å²) in [5.41, 5.74) is 0. The molecule has 1 aliphatic heterocycles. The molecule has 3 heteroatoms. The Morgan fingerprint density at radius 1 is 1.45 bits per heavy atom. The molecule has 0 saturated carbocycles. The molecule has 1 rings (SSSR count). The first kappa shape index (κ1) is 8.91. The van der Waals surface area contributed by atoms with Gasteiger partial charge in [0.05, 0.1) is 6.54 Å². The van der Waals surface area contributed by atoms with Crippen LogP contribution in [-0.2, 0) is 0 Å². The number of hydrogen-bond donors (Lipinski definition) is 0. The Morgan fingerprint density at radius 2 is 2.18 bits per heavy atom. The van der Waals surface area contributed by atoms with Crippen molar-refractivity contribution >= 4 is 0 Å². The van der Waals surface area contributed by atoms with E-state index < -0.39 is 5.92 Å². The van der Waals surface area contributed by atoms with E-state index in [0.29, 0.717) is 6.42 Å². The zero-order chi connectivity index (χ0) is 8.32. The number of halogens is 2. The lowest BCUT2D eigenvalue weighted by Crippen LogP contribution is -2.42. The number of piperidine rings is 1. The van der Waals surface area contributed by atoms with Crippen molar-refractivity contribution in [3.8, 4) is 0 Å². The highest BCUT2D eigenvalue weighted by atomic mass is 19.3. The molecule has 1 nitrogen and oxygen atoms in total. The molecule has 0 amide bonds. The van der Waals surface area contributed by atoms with Gasteiger partial charge >= 0.3 is 0 Å². The Bertz CT molecular complexity index is 123. The van der Waals surface area contributed by atoms with Gasteiger partial charge in [0.1, 0.15) is 0 Å². The normalized spacial score (nSPS) is 25.4. The van der Waals surface area contributed by atoms with E-state index in [9.17, 15) is 8.78 Å². The number of alkyl halides is 2. The number of likely N-dealkylation sites (tertiary alicyclic amines) is 1. The summed E-state index contributed by atoms with van der Waals surface area (Å²) in [7, 11) is 0. The van der Waals surface area contributed by atoms with Gasteiger partial charge in [0.2, 0.25) is 0 Å². The Balaban J connectivity index is 2.34. The van der Waals surface area contributed by atoms with E-state index in [0.717, 1.165) is 19.5 Å². The van der Waals surface area contributed by atoms with Crippen LogP contribution in [0.3, 0.4) is 0 Å². The molecule has 0 aliphatic carbocycles. The summed E-state index contributed by atoms with van der Waals surface area (Å²) < 4.78 is 25.5. The first-order valence-electron chi connectivity index (χ1n) is 4.24. The predicted molar refractivity (Wildman–Crippen MR) is 40.9 cm³/mol. The maximum Gasteiger partial charge on any atom is 0.260 e. The van der Waals surface area contributed by atoms with Gasteiger partial charge in [-0.25, -0.2) is 8.78 Å². The maximum absolute atomic E-state index is 12.7. The van der Waals surface area contributed by atoms with Crippen molar-refractivity contribution in [2.24, 2.45) is 0 Å². The molecule has 1 heterocycles. The van der Waals surface area contributed by atoms with Gasteiger partial charge in [-0.15, -0.1) is 0 Å². The van der Waals surface area contributed by atoms with Gasteiger partial charge in [-0.1, -0.05) is 6.92 Å². The van der Waals surface area contributed by atoms with Gasteiger partial charge in [-0.05, 0) is 25.9 Å². The Hall–Kier alpha value is -0.180. The second-order valence-corrected chi connectivity index (χ2v) is 3.24. The SMILES string of the molecule is CCCN1CCCC(F)(F)C1. The molecule has 66 valence electrons. The predicted octanol–water partition coefficient (Wildman–Crippen LogP) is 2.13. The van der Waals surface area contributed by atoms with Crippen molar-refractivity contribution in [1.29, 1.82) is 0 Å². The second kappa shape index (κ2) is 3.48. The first-order chi connectivity index (χ1) is 5.14. The van der Waals surface area contributed by atoms with E-state index in [2.05, 4.69) is 0 Å². The van der Waals surface area contributed by atoms with Crippen LogP contribution in [0.25, 0.3) is 0 Å². The number of nitrogens with zero attached hydrogens (tertiary/aromatic N) is 1. The van der Waals surface area contributed by atoms with Gasteiger partial charge < -0.3 is 0 Å². The molecular weight excluding hydrogens is 148 g/mol. The average Bonchev–Trinajstić information content (AvgIpc) is 1.85. The Morgan fingerprint density at radius 3 is 2.73 bits per heavy atom. The molecule has 0 aromatic rings. The summed E-state index contributed by atoms with van der Waals surface area (Å²) in [5, 5.41) is 0. The van der Waals surface area contributed by atoms with Gasteiger partial charge in [-0.3, -0.25) is 4.90 Å². The van der Waals surface area contributed by atoms with Crippen LogP contribution in [0.2, 0.25) is 0 Å². The smallest absolute Gasteiger partial charge is 0.260 e. The highest BCUT2D eigenvalue weighted by Gasteiger charge is 2.34. The zero-order valence-electron chi connectivity index (χ0n) is 6.95. The van der Waals surface area contributed by atoms with Crippen molar-refractivity contribution in [3.63, 3.8) is 0 Å². The van der Waals surface area contributed by atoms with Crippen LogP contribution in [0.15, 0.2) is 0 Å². The average molecular weight is 163 g/mol. The fourth-order valence-corrected chi connectivity index (χ4v) is 1.55. The molecule has 1 fully saturated rings. The second-order valence-electron chi connectivity index (χ2n) is 3.24. The molecule has 0 radical (unpaired) electrons. The molecule has 0 spiro atoms. The molecule has 1 saturated heterocycles. The lowest BCUT2D eigenvalue weighted by molar-refractivity contribution is -0.0637. The maximum atomic E-state index is 12.7. The van der Waals surface area contributed by atoms with E-state index in [1.807, 2.05) is 11.8 Å². The zero-order valence-corrected chi connectivity index (χ0v) is 6.95. The van der Waals surface area contributed by atoms with E-state index >= 15 is 0 Å². The molecule has 0 aromatic heterocycles. The summed E-state index contributed by atoms with van der Waals surface area (Å²) in [6, 6.07) is 0. The third-order valence-corrected chi connectivity index (χ3v) is 2.01. The largest absolute Gasteiger partial charge is 0.298 e. The minimum atomic E-state index is -2.42. The quantitative estimate of drug-likeness (QED) is 0.602. The third-order valence-electron chi connectivity index (χ3n) is 2.01. The van der Waals surface area contributed by atoms with Gasteiger partial charge in [0.15, 0.2) is 0 Å². The first-order valence-corrected chi connectivity index (χ1v) is 4.24. The summed E-state index contributed by atoms with van der Waals surface area (Å²) in [6.45, 7) is 3.66. The molecule has 1 aliphatic rings. The van der Waals surface area contributed by atoms with Crippen molar-refractivity contribution in [1.82, 2.24) is 4.90 Å². The van der Waals surface area contributed by atoms with Crippen molar-refractivity contribution < 1.29 is 8.78 Å². The standard InChI is InChI=1S/C8H15F2N/c1-2-5-11-6-3-4-8(9,10)7-11/h2-7H2,1H3. The fraction of sp³-hybridized carbons (Fsp3) is 1.00. The summed E-state index contributed by atoms with van der Waals surface area (Å²) in [6.07, 6.45) is 1.69. The van der Waals surface area contributed by atoms with E-state index in [1.165, 1.54) is 0 Å². The summed E-state index contributed by atoms with van der Waals surface area (Å²) in [4.78, 5) is 1.85. The van der Waals surface area contributed by atoms with Crippen molar-refractivity contribution in [2.75, 3.05) is 19.6 Å². The van der Waals surface area contributed by atoms with E-state index in [1.54, 1.807) is 0 Å². The lowest BCUT2D eigenvalue weighted by Gasteiger charge is -2.31. The fourth-order valence-electron chi connectivity index (χ4n) is 1.55. The Labute approximate surface area is 66.4 Å². The van der Waals surface area contributed by atoms with Crippen molar-refractivity contribution in [2.45, 2.75) is 32.1 Å². The third kappa shape index (κ3) is 2.73. The minimum absolute atomic E-state index is 0.0269. The minimum Gasteiger partial charge on any atom is -0.298 e. The van der Waals surface area contributed by atoms with E-state index in [4.69, 9.17) is 0 Å². The number of rotatable bonds is 2. The molecule has 11 heavy (non-hydrogen) atoms. The van der Waals surface area contributed by atoms with Crippen LogP contribution >= 0.6 is 0 Å². The van der Waals surface area contributed by atoms with Crippen LogP contribution in [0, 0.1) is 0 Å². The number of hydrogen-bond acceptors (Lipinski definition) is 1. The topological polar surface area (TPSA) is 3.24 Å². The van der Waals surface area contributed by atoms with Crippen LogP contribution in [0.5, 0.6) is 0 Å². The monoisotopic (exact) mass is 163 g/mol. The van der Waals surface area contributed by atoms with Crippen molar-refractivity contribution in [3.05, 3.63) is 0 Å². The molecule has 0 unspecified atom stereocenters. The molecular formula is C8H15F2N. The molecule has 0 N–H and O–H groups in total. The Kier molecular flexibility index (Phi) is 2.82. The highest BCUT2D eigenvalue weighted by Crippen LogP contribution is 2.26. The van der Waals surface area contributed by atoms with Gasteiger partial charge in [0, 0.05) is 6.42 Å². The van der Waals surface area contributed by atoms with Crippen LogP contribution in [-0.4, -0.2) is 30.5 Å². The van der Waals surface area contributed by atoms with E-state index in [-0.39, 0.29) is 13.0 Å². The van der Waals surface area contributed by atoms with Gasteiger partial charge in [-0.2, -0.15) is 0 Å². The lowest BCUT2D eigenvalue weighted by atomic mass is 10.1. The molecule has 0 atom stereocenters.